The molecule has 200 valence electrons. The van der Waals surface area contributed by atoms with Gasteiger partial charge in [-0.25, -0.2) is 4.79 Å². The van der Waals surface area contributed by atoms with Crippen molar-refractivity contribution in [3.63, 3.8) is 0 Å². The van der Waals surface area contributed by atoms with Gasteiger partial charge in [-0.15, -0.1) is 0 Å². The van der Waals surface area contributed by atoms with Crippen molar-refractivity contribution in [2.24, 2.45) is 0 Å². The number of para-hydroxylation sites is 1. The molecule has 2 N–H and O–H groups in total. The molecule has 0 bridgehead atoms. The number of carbonyl (C=O) groups is 3. The van der Waals surface area contributed by atoms with Crippen molar-refractivity contribution in [1.29, 1.82) is 0 Å². The fourth-order valence-electron chi connectivity index (χ4n) is 5.15. The first-order valence-corrected chi connectivity index (χ1v) is 13.2. The number of carbonyl (C=O) groups excluding carboxylic acids is 3. The fourth-order valence-corrected chi connectivity index (χ4v) is 5.15. The van der Waals surface area contributed by atoms with Gasteiger partial charge in [0.1, 0.15) is 6.54 Å². The van der Waals surface area contributed by atoms with E-state index in [1.165, 1.54) is 15.4 Å². The molecule has 0 aromatic heterocycles. The van der Waals surface area contributed by atoms with E-state index in [-0.39, 0.29) is 36.3 Å². The van der Waals surface area contributed by atoms with E-state index in [9.17, 15) is 14.4 Å². The van der Waals surface area contributed by atoms with Crippen LogP contribution in [0.1, 0.15) is 49.1 Å². The highest BCUT2D eigenvalue weighted by atomic mass is 16.2. The van der Waals surface area contributed by atoms with Crippen LogP contribution in [0.5, 0.6) is 0 Å². The molecule has 0 radical (unpaired) electrons. The van der Waals surface area contributed by atoms with Crippen molar-refractivity contribution in [2.45, 2.75) is 38.6 Å². The average Bonchev–Trinajstić information content (AvgIpc) is 3.23. The van der Waals surface area contributed by atoms with E-state index in [2.05, 4.69) is 43.5 Å². The summed E-state index contributed by atoms with van der Waals surface area (Å²) in [7, 11) is 1.65. The molecule has 7 nitrogen and oxygen atoms in total. The lowest BCUT2D eigenvalue weighted by molar-refractivity contribution is -0.130. The first kappa shape index (κ1) is 26.2. The Bertz CT molecular complexity index is 1440. The molecule has 39 heavy (non-hydrogen) atoms. The third kappa shape index (κ3) is 5.43. The highest BCUT2D eigenvalue weighted by molar-refractivity contribution is 6.04. The van der Waals surface area contributed by atoms with Gasteiger partial charge in [0, 0.05) is 12.7 Å². The third-order valence-electron chi connectivity index (χ3n) is 7.41. The Hall–Kier alpha value is -4.39. The molecule has 2 heterocycles. The van der Waals surface area contributed by atoms with Crippen LogP contribution in [0.2, 0.25) is 0 Å². The Morgan fingerprint density at radius 3 is 2.31 bits per heavy atom. The number of nitrogens with zero attached hydrogens (tertiary/aromatic N) is 2. The fraction of sp³-hybridized carbons (Fsp3) is 0.281. The normalized spacial score (nSPS) is 17.3. The summed E-state index contributed by atoms with van der Waals surface area (Å²) in [5.74, 6) is -0.522. The minimum absolute atomic E-state index is 0.00789. The van der Waals surface area contributed by atoms with Crippen LogP contribution in [0, 0.1) is 0 Å². The van der Waals surface area contributed by atoms with Crippen LogP contribution < -0.4 is 10.6 Å². The summed E-state index contributed by atoms with van der Waals surface area (Å²) in [6.07, 6.45) is 0.685. The summed E-state index contributed by atoms with van der Waals surface area (Å²) >= 11 is 0. The number of nitrogens with one attached hydrogen (secondary N) is 2. The summed E-state index contributed by atoms with van der Waals surface area (Å²) in [4.78, 5) is 42.5. The van der Waals surface area contributed by atoms with Crippen molar-refractivity contribution < 1.29 is 14.4 Å². The molecule has 0 aliphatic carbocycles. The summed E-state index contributed by atoms with van der Waals surface area (Å²) in [5.41, 5.74) is 6.01. The number of amides is 4. The van der Waals surface area contributed by atoms with Gasteiger partial charge >= 0.3 is 6.03 Å². The zero-order chi connectivity index (χ0) is 27.7. The van der Waals surface area contributed by atoms with Gasteiger partial charge in [-0.05, 0) is 40.2 Å². The molecule has 5 rings (SSSR count). The maximum atomic E-state index is 13.6. The standard InChI is InChI=1S/C32H34N4O3/c1-32(2,3)24-16-14-22(15-17-24)29-28-26(35(4)31(39)34-29)19-36(30(28)38)20-27(37)33-25-13-9-8-12-23(25)18-21-10-6-5-7-11-21/h5-17,29H,18-20H2,1-4H3,(H,33,37)(H,34,39)/t29-/m0/s1. The lowest BCUT2D eigenvalue weighted by atomic mass is 9.85. The lowest BCUT2D eigenvalue weighted by Gasteiger charge is -2.31. The molecule has 0 fully saturated rings. The van der Waals surface area contributed by atoms with Crippen LogP contribution in [-0.2, 0) is 21.4 Å². The van der Waals surface area contributed by atoms with Gasteiger partial charge in [0.2, 0.25) is 5.91 Å². The summed E-state index contributed by atoms with van der Waals surface area (Å²) in [6.45, 7) is 6.52. The maximum absolute atomic E-state index is 13.6. The van der Waals surface area contributed by atoms with Crippen LogP contribution in [-0.4, -0.2) is 47.8 Å². The smallest absolute Gasteiger partial charge is 0.322 e. The Labute approximate surface area is 229 Å². The number of hydrogen-bond acceptors (Lipinski definition) is 3. The van der Waals surface area contributed by atoms with Crippen molar-refractivity contribution in [2.75, 3.05) is 25.5 Å². The average molecular weight is 523 g/mol. The highest BCUT2D eigenvalue weighted by Crippen LogP contribution is 2.36. The molecular formula is C32H34N4O3. The maximum Gasteiger partial charge on any atom is 0.322 e. The molecule has 0 unspecified atom stereocenters. The van der Waals surface area contributed by atoms with Gasteiger partial charge in [-0.2, -0.15) is 0 Å². The molecule has 2 aliphatic rings. The Morgan fingerprint density at radius 1 is 0.949 bits per heavy atom. The molecule has 4 amide bonds. The largest absolute Gasteiger partial charge is 0.327 e. The second-order valence-corrected chi connectivity index (χ2v) is 11.2. The second-order valence-electron chi connectivity index (χ2n) is 11.2. The minimum Gasteiger partial charge on any atom is -0.327 e. The zero-order valence-electron chi connectivity index (χ0n) is 22.8. The molecule has 1 atom stereocenters. The van der Waals surface area contributed by atoms with Gasteiger partial charge in [-0.1, -0.05) is 93.6 Å². The quantitative estimate of drug-likeness (QED) is 0.478. The number of hydrogen-bond donors (Lipinski definition) is 2. The van der Waals surface area contributed by atoms with Crippen LogP contribution in [0.15, 0.2) is 90.1 Å². The number of urea groups is 1. The van der Waals surface area contributed by atoms with Gasteiger partial charge < -0.3 is 15.5 Å². The van der Waals surface area contributed by atoms with Gasteiger partial charge in [0.15, 0.2) is 0 Å². The molecule has 7 heteroatoms. The monoisotopic (exact) mass is 522 g/mol. The highest BCUT2D eigenvalue weighted by Gasteiger charge is 2.43. The first-order valence-electron chi connectivity index (χ1n) is 13.2. The minimum atomic E-state index is -0.565. The molecule has 2 aliphatic heterocycles. The first-order chi connectivity index (χ1) is 18.6. The predicted octanol–water partition coefficient (Wildman–Crippen LogP) is 5.01. The van der Waals surface area contributed by atoms with E-state index in [1.807, 2.05) is 66.7 Å². The molecule has 3 aromatic carbocycles. The van der Waals surface area contributed by atoms with Crippen LogP contribution >= 0.6 is 0 Å². The number of likely N-dealkylation sites (N-methyl/N-ethyl adjacent to an activating group) is 1. The predicted molar refractivity (Wildman–Crippen MR) is 152 cm³/mol. The van der Waals surface area contributed by atoms with E-state index in [4.69, 9.17) is 0 Å². The van der Waals surface area contributed by atoms with Crippen molar-refractivity contribution >= 4 is 23.5 Å². The zero-order valence-corrected chi connectivity index (χ0v) is 22.8. The molecule has 3 aromatic rings. The van der Waals surface area contributed by atoms with Gasteiger partial charge in [-0.3, -0.25) is 14.5 Å². The Balaban J connectivity index is 1.32. The molecule has 0 saturated heterocycles. The molecular weight excluding hydrogens is 488 g/mol. The van der Waals surface area contributed by atoms with Crippen LogP contribution in [0.4, 0.5) is 10.5 Å². The second kappa shape index (κ2) is 10.4. The molecule has 0 saturated carbocycles. The van der Waals surface area contributed by atoms with E-state index >= 15 is 0 Å². The van der Waals surface area contributed by atoms with Crippen LogP contribution in [0.25, 0.3) is 0 Å². The van der Waals surface area contributed by atoms with Gasteiger partial charge in [0.05, 0.1) is 23.9 Å². The third-order valence-corrected chi connectivity index (χ3v) is 7.41. The summed E-state index contributed by atoms with van der Waals surface area (Å²) in [6, 6.07) is 24.9. The van der Waals surface area contributed by atoms with E-state index in [1.54, 1.807) is 7.05 Å². The lowest BCUT2D eigenvalue weighted by Crippen LogP contribution is -2.45. The Morgan fingerprint density at radius 2 is 1.62 bits per heavy atom. The SMILES string of the molecule is CN1C(=O)N[C@@H](c2ccc(C(C)(C)C)cc2)C2=C1CN(CC(=O)Nc1ccccc1Cc1ccccc1)C2=O. The van der Waals surface area contributed by atoms with Crippen LogP contribution in [0.3, 0.4) is 0 Å². The van der Waals surface area contributed by atoms with Crippen molar-refractivity contribution in [1.82, 2.24) is 15.1 Å². The van der Waals surface area contributed by atoms with E-state index in [0.29, 0.717) is 17.7 Å². The Kier molecular flexibility index (Phi) is 7.00. The topological polar surface area (TPSA) is 81.8 Å². The van der Waals surface area contributed by atoms with E-state index in [0.717, 1.165) is 22.4 Å². The molecule has 0 spiro atoms. The summed E-state index contributed by atoms with van der Waals surface area (Å²) < 4.78 is 0. The van der Waals surface area contributed by atoms with Crippen molar-refractivity contribution in [3.05, 3.63) is 112 Å². The number of anilines is 1. The number of rotatable bonds is 6. The van der Waals surface area contributed by atoms with Gasteiger partial charge in [0.25, 0.3) is 5.91 Å². The number of benzene rings is 3. The summed E-state index contributed by atoms with van der Waals surface area (Å²) in [5, 5.41) is 5.96. The van der Waals surface area contributed by atoms with Crippen molar-refractivity contribution in [3.8, 4) is 0 Å². The van der Waals surface area contributed by atoms with E-state index < -0.39 is 6.04 Å².